The minimum absolute atomic E-state index is 0.0318. The van der Waals surface area contributed by atoms with Crippen molar-refractivity contribution in [1.29, 1.82) is 5.41 Å². The number of benzene rings is 3. The van der Waals surface area contributed by atoms with Crippen molar-refractivity contribution in [1.82, 2.24) is 0 Å². The molecule has 19 heteroatoms. The lowest BCUT2D eigenvalue weighted by molar-refractivity contribution is -0.303. The number of nitrogens with one attached hydrogen (secondary N) is 1. The molecule has 4 heterocycles. The molecule has 0 bridgehead atoms. The third-order valence-electron chi connectivity index (χ3n) is 11.5. The minimum atomic E-state index is -2.57. The molecule has 1 aliphatic carbocycles. The Hall–Kier alpha value is -6.35. The lowest BCUT2D eigenvalue weighted by Crippen LogP contribution is -2.69. The molecule has 1 saturated heterocycles. The highest BCUT2D eigenvalue weighted by molar-refractivity contribution is 6.15. The van der Waals surface area contributed by atoms with Gasteiger partial charge in [-0.05, 0) is 73.2 Å². The summed E-state index contributed by atoms with van der Waals surface area (Å²) >= 11 is 0. The Morgan fingerprint density at radius 3 is 2.44 bits per heavy atom. The molecule has 0 spiro atoms. The minimum Gasteiger partial charge on any atom is -0.508 e. The van der Waals surface area contributed by atoms with Crippen LogP contribution >= 0.6 is 0 Å². The summed E-state index contributed by atoms with van der Waals surface area (Å²) in [6, 6.07) is 13.9. The molecule has 4 aliphatic heterocycles. The van der Waals surface area contributed by atoms with Crippen molar-refractivity contribution in [2.45, 2.75) is 86.2 Å². The van der Waals surface area contributed by atoms with Crippen LogP contribution in [0.25, 0.3) is 5.76 Å². The highest BCUT2D eigenvalue weighted by Crippen LogP contribution is 2.55. The summed E-state index contributed by atoms with van der Waals surface area (Å²) in [6.45, 7) is -0.536. The first kappa shape index (κ1) is 42.3. The van der Waals surface area contributed by atoms with Gasteiger partial charge in [-0.25, -0.2) is 14.8 Å². The van der Waals surface area contributed by atoms with Crippen LogP contribution in [0.1, 0.15) is 54.9 Å². The number of carboxylic acid groups (broad SMARTS) is 1. The Balaban J connectivity index is 1.12. The third-order valence-corrected chi connectivity index (χ3v) is 11.5. The third kappa shape index (κ3) is 7.96. The van der Waals surface area contributed by atoms with Gasteiger partial charge in [0.2, 0.25) is 12.0 Å². The molecule has 5 aliphatic rings. The molecule has 0 aromatic heterocycles. The van der Waals surface area contributed by atoms with Crippen LogP contribution in [0.15, 0.2) is 87.8 Å². The average Bonchev–Trinajstić information content (AvgIpc) is 4.05. The largest absolute Gasteiger partial charge is 0.508 e. The fourth-order valence-corrected chi connectivity index (χ4v) is 8.28. The highest BCUT2D eigenvalue weighted by atomic mass is 16.7. The maximum absolute atomic E-state index is 12.6. The van der Waals surface area contributed by atoms with Crippen molar-refractivity contribution >= 4 is 35.3 Å². The number of rotatable bonds is 14. The van der Waals surface area contributed by atoms with Gasteiger partial charge >= 0.3 is 5.97 Å². The summed E-state index contributed by atoms with van der Waals surface area (Å²) in [6.07, 6.45) is -4.71. The molecule has 2 fully saturated rings. The van der Waals surface area contributed by atoms with E-state index in [2.05, 4.69) is 15.0 Å². The van der Waals surface area contributed by atoms with Gasteiger partial charge in [0.05, 0.1) is 18.9 Å². The van der Waals surface area contributed by atoms with Crippen LogP contribution in [0.2, 0.25) is 0 Å². The zero-order chi connectivity index (χ0) is 43.9. The van der Waals surface area contributed by atoms with Crippen LogP contribution in [-0.4, -0.2) is 131 Å². The maximum Gasteiger partial charge on any atom is 0.336 e. The summed E-state index contributed by atoms with van der Waals surface area (Å²) in [4.78, 5) is 24.4. The molecular formula is C43H44N4O15. The van der Waals surface area contributed by atoms with E-state index >= 15 is 0 Å². The number of phenolic OH excluding ortho intramolecular Hbond substituents is 2. The van der Waals surface area contributed by atoms with Crippen LogP contribution in [0.5, 0.6) is 34.5 Å². The van der Waals surface area contributed by atoms with Crippen LogP contribution in [0, 0.1) is 5.41 Å². The van der Waals surface area contributed by atoms with E-state index in [0.717, 1.165) is 0 Å². The van der Waals surface area contributed by atoms with Crippen molar-refractivity contribution in [2.24, 2.45) is 15.0 Å². The monoisotopic (exact) mass is 856 g/mol. The quantitative estimate of drug-likeness (QED) is 0.111. The Labute approximate surface area is 353 Å². The molecule has 1 saturated carbocycles. The van der Waals surface area contributed by atoms with E-state index < -0.39 is 84.6 Å². The van der Waals surface area contributed by atoms with Gasteiger partial charge in [0.15, 0.2) is 23.7 Å². The number of phenols is 2. The number of aliphatic carboxylic acids is 1. The number of carbonyl (C=O) groups is 1. The number of amidine groups is 1. The molecule has 3 aromatic rings. The topological polar surface area (TPSA) is 306 Å². The average molecular weight is 857 g/mol. The zero-order valence-electron chi connectivity index (χ0n) is 32.8. The SMILES string of the molecule is N=C1C=CC(C(O)C(CO)Oc2ccc(C3C=C(O)c4c(cc(OC5OC(C(=O)O)C(O)(CC6=NC=NC6)C(O)C5O)c(OC5(c6cccc(O)c6)CCCC5)c4O)O3)cc2)=N1. The molecule has 62 heavy (non-hydrogen) atoms. The van der Waals surface area contributed by atoms with Crippen molar-refractivity contribution in [3.63, 3.8) is 0 Å². The van der Waals surface area contributed by atoms with Crippen LogP contribution < -0.4 is 18.9 Å². The summed E-state index contributed by atoms with van der Waals surface area (Å²) in [7, 11) is 0. The molecule has 8 atom stereocenters. The van der Waals surface area contributed by atoms with Gasteiger partial charge in [0.25, 0.3) is 0 Å². The van der Waals surface area contributed by atoms with Crippen molar-refractivity contribution in [2.75, 3.05) is 13.2 Å². The van der Waals surface area contributed by atoms with E-state index in [9.17, 15) is 50.8 Å². The van der Waals surface area contributed by atoms with E-state index in [0.29, 0.717) is 36.8 Å². The van der Waals surface area contributed by atoms with Crippen LogP contribution in [0.3, 0.4) is 0 Å². The summed E-state index contributed by atoms with van der Waals surface area (Å²) in [5.74, 6) is -3.50. The van der Waals surface area contributed by atoms with Crippen LogP contribution in [0.4, 0.5) is 0 Å². The Morgan fingerprint density at radius 2 is 1.79 bits per heavy atom. The molecule has 19 nitrogen and oxygen atoms in total. The van der Waals surface area contributed by atoms with Crippen molar-refractivity contribution in [3.8, 4) is 34.5 Å². The molecule has 8 unspecified atom stereocenters. The number of ether oxygens (including phenoxy) is 5. The normalized spacial score (nSPS) is 27.1. The maximum atomic E-state index is 12.6. The van der Waals surface area contributed by atoms with Gasteiger partial charge < -0.3 is 69.6 Å². The van der Waals surface area contributed by atoms with Gasteiger partial charge in [-0.1, -0.05) is 24.3 Å². The zero-order valence-corrected chi connectivity index (χ0v) is 32.8. The summed E-state index contributed by atoms with van der Waals surface area (Å²) < 4.78 is 30.6. The number of nitrogens with zero attached hydrogens (tertiary/aromatic N) is 3. The van der Waals surface area contributed by atoms with Gasteiger partial charge in [0, 0.05) is 24.3 Å². The fraction of sp³-hybridized carbons (Fsp3) is 0.372. The predicted octanol–water partition coefficient (Wildman–Crippen LogP) is 2.58. The van der Waals surface area contributed by atoms with Crippen molar-refractivity contribution in [3.05, 3.63) is 89.5 Å². The lowest BCUT2D eigenvalue weighted by atomic mass is 9.80. The second-order valence-electron chi connectivity index (χ2n) is 15.6. The van der Waals surface area contributed by atoms with Gasteiger partial charge in [-0.15, -0.1) is 0 Å². The second-order valence-corrected chi connectivity index (χ2v) is 15.6. The Morgan fingerprint density at radius 1 is 1.03 bits per heavy atom. The number of aliphatic hydroxyl groups is 6. The smallest absolute Gasteiger partial charge is 0.336 e. The first-order chi connectivity index (χ1) is 29.7. The molecule has 3 aromatic carbocycles. The summed E-state index contributed by atoms with van der Waals surface area (Å²) in [5.41, 5.74) is -2.50. The van der Waals surface area contributed by atoms with E-state index in [4.69, 9.17) is 29.1 Å². The van der Waals surface area contributed by atoms with Crippen molar-refractivity contribution < 1.29 is 74.4 Å². The number of aliphatic hydroxyl groups excluding tert-OH is 5. The Bertz CT molecular complexity index is 2390. The van der Waals surface area contributed by atoms with Gasteiger partial charge in [-0.3, -0.25) is 10.4 Å². The highest BCUT2D eigenvalue weighted by Gasteiger charge is 2.59. The van der Waals surface area contributed by atoms with E-state index in [1.807, 2.05) is 0 Å². The summed E-state index contributed by atoms with van der Waals surface area (Å²) in [5, 5.41) is 107. The Kier molecular flexibility index (Phi) is 11.5. The van der Waals surface area contributed by atoms with Gasteiger partial charge in [0.1, 0.15) is 76.4 Å². The standard InChI is InChI=1S/C43H44N4O15/c44-32-11-10-26(47-32)34(51)31(19-48)58-25-8-6-21(7-9-25)28-15-27(50)33-29(59-28)16-30(37(35(33)52)62-42(12-1-2-13-42)22-4-3-5-24(49)14-22)60-41-36(53)38(54)43(57,39(61-41)40(55)56)17-23-18-45-20-46-23/h3-11,14-16,20,28,31,34,36,38-39,41,44,48-54,57H,1-2,12-13,17-19H2,(H,55,56). The number of hydrogen-bond donors (Lipinski definition) is 10. The second kappa shape index (κ2) is 16.8. The van der Waals surface area contributed by atoms with Gasteiger partial charge in [-0.2, -0.15) is 0 Å². The first-order valence-electron chi connectivity index (χ1n) is 19.7. The van der Waals surface area contributed by atoms with E-state index in [1.165, 1.54) is 54.9 Å². The molecular weight excluding hydrogens is 812 g/mol. The number of aliphatic imine (C=N–C) groups is 3. The lowest BCUT2D eigenvalue weighted by Gasteiger charge is -2.46. The van der Waals surface area contributed by atoms with E-state index in [-0.39, 0.29) is 58.1 Å². The molecule has 0 radical (unpaired) electrons. The molecule has 10 N–H and O–H groups in total. The van der Waals surface area contributed by atoms with Crippen LogP contribution in [-0.2, 0) is 15.1 Å². The first-order valence-corrected chi connectivity index (χ1v) is 19.7. The number of fused-ring (bicyclic) bond motifs is 1. The number of carboxylic acids is 1. The van der Waals surface area contributed by atoms with E-state index in [1.54, 1.807) is 24.3 Å². The molecule has 326 valence electrons. The molecule has 8 rings (SSSR count). The number of hydrogen-bond acceptors (Lipinski definition) is 17. The predicted molar refractivity (Wildman–Crippen MR) is 219 cm³/mol. The fourth-order valence-electron chi connectivity index (χ4n) is 8.28. The molecule has 0 amide bonds. The number of aromatic hydroxyl groups is 2.